The molecular weight excluding hydrogens is 258 g/mol. The van der Waals surface area contributed by atoms with E-state index in [9.17, 15) is 9.59 Å². The minimum atomic E-state index is -0.318. The smallest absolute Gasteiger partial charge is 0.227 e. The molecule has 1 fully saturated rings. The number of carbonyl (C=O) groups excluding carboxylic acids is 2. The van der Waals surface area contributed by atoms with Gasteiger partial charge in [-0.25, -0.2) is 0 Å². The number of hydrogen-bond acceptors (Lipinski definition) is 4. The van der Waals surface area contributed by atoms with Crippen molar-refractivity contribution in [1.29, 1.82) is 5.26 Å². The molecule has 6 heteroatoms. The minimum absolute atomic E-state index is 0.0339. The van der Waals surface area contributed by atoms with Gasteiger partial charge in [0.25, 0.3) is 0 Å². The second-order valence-electron chi connectivity index (χ2n) is 4.92. The van der Waals surface area contributed by atoms with Crippen molar-refractivity contribution < 1.29 is 14.0 Å². The van der Waals surface area contributed by atoms with Crippen molar-refractivity contribution in [2.45, 2.75) is 19.4 Å². The molecule has 1 aromatic heterocycles. The summed E-state index contributed by atoms with van der Waals surface area (Å²) in [7, 11) is 1.67. The zero-order valence-corrected chi connectivity index (χ0v) is 11.4. The average molecular weight is 275 g/mol. The van der Waals surface area contributed by atoms with Crippen LogP contribution in [0.4, 0.5) is 0 Å². The lowest BCUT2D eigenvalue weighted by atomic mass is 10.1. The Hall–Kier alpha value is -2.29. The molecule has 1 saturated heterocycles. The Kier molecular flexibility index (Phi) is 4.41. The molecule has 0 N–H and O–H groups in total. The molecule has 2 rings (SSSR count). The zero-order chi connectivity index (χ0) is 14.5. The van der Waals surface area contributed by atoms with Gasteiger partial charge in [0.2, 0.25) is 11.8 Å². The van der Waals surface area contributed by atoms with Crippen LogP contribution in [0.25, 0.3) is 0 Å². The summed E-state index contributed by atoms with van der Waals surface area (Å²) in [4.78, 5) is 27.2. The number of nitriles is 1. The van der Waals surface area contributed by atoms with Gasteiger partial charge in [0.1, 0.15) is 5.76 Å². The van der Waals surface area contributed by atoms with E-state index in [0.29, 0.717) is 31.8 Å². The van der Waals surface area contributed by atoms with Gasteiger partial charge >= 0.3 is 0 Å². The van der Waals surface area contributed by atoms with Crippen LogP contribution in [0.1, 0.15) is 18.6 Å². The number of furan rings is 1. The molecule has 1 aliphatic rings. The quantitative estimate of drug-likeness (QED) is 0.803. The largest absolute Gasteiger partial charge is 0.467 e. The Bertz CT molecular complexity index is 518. The van der Waals surface area contributed by atoms with Crippen LogP contribution in [0.5, 0.6) is 0 Å². The van der Waals surface area contributed by atoms with Gasteiger partial charge in [-0.3, -0.25) is 9.59 Å². The van der Waals surface area contributed by atoms with Crippen LogP contribution >= 0.6 is 0 Å². The maximum absolute atomic E-state index is 12.2. The highest BCUT2D eigenvalue weighted by atomic mass is 16.3. The van der Waals surface area contributed by atoms with Crippen molar-refractivity contribution in [2.24, 2.45) is 5.92 Å². The fraction of sp³-hybridized carbons (Fsp3) is 0.500. The summed E-state index contributed by atoms with van der Waals surface area (Å²) in [5, 5.41) is 8.53. The van der Waals surface area contributed by atoms with Gasteiger partial charge in [-0.15, -0.1) is 0 Å². The second kappa shape index (κ2) is 6.24. The predicted molar refractivity (Wildman–Crippen MR) is 70.1 cm³/mol. The van der Waals surface area contributed by atoms with Crippen molar-refractivity contribution in [2.75, 3.05) is 20.1 Å². The molecule has 0 unspecified atom stereocenters. The topological polar surface area (TPSA) is 77.5 Å². The van der Waals surface area contributed by atoms with Crippen LogP contribution in [0.3, 0.4) is 0 Å². The summed E-state index contributed by atoms with van der Waals surface area (Å²) in [5.41, 5.74) is 0. The van der Waals surface area contributed by atoms with Crippen LogP contribution in [-0.2, 0) is 16.1 Å². The molecule has 6 nitrogen and oxygen atoms in total. The Morgan fingerprint density at radius 3 is 3.10 bits per heavy atom. The van der Waals surface area contributed by atoms with Crippen molar-refractivity contribution in [1.82, 2.24) is 9.80 Å². The summed E-state index contributed by atoms with van der Waals surface area (Å²) in [6, 6.07) is 5.59. The van der Waals surface area contributed by atoms with E-state index >= 15 is 0 Å². The lowest BCUT2D eigenvalue weighted by molar-refractivity contribution is -0.134. The van der Waals surface area contributed by atoms with Crippen molar-refractivity contribution in [3.63, 3.8) is 0 Å². The second-order valence-corrected chi connectivity index (χ2v) is 4.92. The summed E-state index contributed by atoms with van der Waals surface area (Å²) in [6.45, 7) is 1.21. The molecule has 20 heavy (non-hydrogen) atoms. The Labute approximate surface area is 117 Å². The Balaban J connectivity index is 1.91. The van der Waals surface area contributed by atoms with Gasteiger partial charge in [-0.05, 0) is 12.1 Å². The third-order valence-electron chi connectivity index (χ3n) is 3.43. The van der Waals surface area contributed by atoms with Gasteiger partial charge in [0.15, 0.2) is 0 Å². The van der Waals surface area contributed by atoms with Gasteiger partial charge in [-0.2, -0.15) is 5.26 Å². The highest BCUT2D eigenvalue weighted by Crippen LogP contribution is 2.22. The van der Waals surface area contributed by atoms with Crippen molar-refractivity contribution >= 4 is 11.8 Å². The molecule has 2 amide bonds. The van der Waals surface area contributed by atoms with E-state index in [1.165, 1.54) is 4.90 Å². The van der Waals surface area contributed by atoms with E-state index in [1.54, 1.807) is 24.3 Å². The molecule has 0 aliphatic carbocycles. The molecule has 0 radical (unpaired) electrons. The number of hydrogen-bond donors (Lipinski definition) is 0. The fourth-order valence-electron chi connectivity index (χ4n) is 2.32. The van der Waals surface area contributed by atoms with Gasteiger partial charge in [0, 0.05) is 26.6 Å². The van der Waals surface area contributed by atoms with Crippen LogP contribution in [0.2, 0.25) is 0 Å². The molecule has 0 saturated carbocycles. The molecule has 0 spiro atoms. The van der Waals surface area contributed by atoms with Crippen LogP contribution < -0.4 is 0 Å². The van der Waals surface area contributed by atoms with E-state index < -0.39 is 0 Å². The molecule has 2 heterocycles. The maximum Gasteiger partial charge on any atom is 0.227 e. The van der Waals surface area contributed by atoms with Crippen LogP contribution in [0, 0.1) is 17.2 Å². The van der Waals surface area contributed by atoms with Crippen LogP contribution in [-0.4, -0.2) is 41.8 Å². The Morgan fingerprint density at radius 1 is 1.65 bits per heavy atom. The van der Waals surface area contributed by atoms with Crippen molar-refractivity contribution in [3.05, 3.63) is 24.2 Å². The molecule has 1 aliphatic heterocycles. The number of nitrogens with zero attached hydrogens (tertiary/aromatic N) is 3. The van der Waals surface area contributed by atoms with Crippen LogP contribution in [0.15, 0.2) is 22.8 Å². The third-order valence-corrected chi connectivity index (χ3v) is 3.43. The number of rotatable bonds is 5. The lowest BCUT2D eigenvalue weighted by Gasteiger charge is -2.20. The van der Waals surface area contributed by atoms with E-state index in [1.807, 2.05) is 12.1 Å². The first-order valence-electron chi connectivity index (χ1n) is 6.54. The van der Waals surface area contributed by atoms with E-state index in [-0.39, 0.29) is 24.2 Å². The fourth-order valence-corrected chi connectivity index (χ4v) is 2.32. The SMILES string of the molecule is CN(CCC#N)C(=O)[C@H]1CC(=O)N(Cc2ccco2)C1. The first kappa shape index (κ1) is 14.1. The lowest BCUT2D eigenvalue weighted by Crippen LogP contribution is -2.35. The van der Waals surface area contributed by atoms with Gasteiger partial charge < -0.3 is 14.2 Å². The first-order valence-corrected chi connectivity index (χ1v) is 6.54. The van der Waals surface area contributed by atoms with E-state index in [0.717, 1.165) is 0 Å². The average Bonchev–Trinajstić information content (AvgIpc) is 3.06. The molecular formula is C14H17N3O3. The van der Waals surface area contributed by atoms with Crippen molar-refractivity contribution in [3.8, 4) is 6.07 Å². The summed E-state index contributed by atoms with van der Waals surface area (Å²) < 4.78 is 5.21. The van der Waals surface area contributed by atoms with Gasteiger partial charge in [0.05, 0.1) is 31.2 Å². The highest BCUT2D eigenvalue weighted by Gasteiger charge is 2.35. The highest BCUT2D eigenvalue weighted by molar-refractivity contribution is 5.89. The van der Waals surface area contributed by atoms with Gasteiger partial charge in [-0.1, -0.05) is 0 Å². The maximum atomic E-state index is 12.2. The molecule has 1 aromatic rings. The molecule has 0 aromatic carbocycles. The number of likely N-dealkylation sites (tertiary alicyclic amines) is 1. The Morgan fingerprint density at radius 2 is 2.45 bits per heavy atom. The molecule has 1 atom stereocenters. The normalized spacial score (nSPS) is 18.1. The zero-order valence-electron chi connectivity index (χ0n) is 11.4. The summed E-state index contributed by atoms with van der Waals surface area (Å²) in [6.07, 6.45) is 2.10. The summed E-state index contributed by atoms with van der Waals surface area (Å²) >= 11 is 0. The standard InChI is InChI=1S/C14H17N3O3/c1-16(6-3-5-15)14(19)11-8-13(18)17(9-11)10-12-4-2-7-20-12/h2,4,7,11H,3,6,8-10H2,1H3/t11-/m0/s1. The molecule has 0 bridgehead atoms. The van der Waals surface area contributed by atoms with E-state index in [4.69, 9.17) is 9.68 Å². The number of amides is 2. The third kappa shape index (κ3) is 3.18. The first-order chi connectivity index (χ1) is 9.61. The van der Waals surface area contributed by atoms with E-state index in [2.05, 4.69) is 0 Å². The predicted octanol–water partition coefficient (Wildman–Crippen LogP) is 1.00. The summed E-state index contributed by atoms with van der Waals surface area (Å²) in [5.74, 6) is 0.286. The monoisotopic (exact) mass is 275 g/mol. The minimum Gasteiger partial charge on any atom is -0.467 e. The molecule has 106 valence electrons. The number of carbonyl (C=O) groups is 2.